The Kier molecular flexibility index (Phi) is 5.15. The highest BCUT2D eigenvalue weighted by Crippen LogP contribution is 2.33. The van der Waals surface area contributed by atoms with E-state index in [1.165, 1.54) is 0 Å². The zero-order valence-electron chi connectivity index (χ0n) is 16.6. The van der Waals surface area contributed by atoms with Crippen molar-refractivity contribution in [1.29, 1.82) is 0 Å². The molecule has 1 amide bonds. The second-order valence-corrected chi connectivity index (χ2v) is 8.11. The number of carbonyl (C=O) groups is 1. The van der Waals surface area contributed by atoms with Gasteiger partial charge in [0, 0.05) is 64.3 Å². The first-order valence-corrected chi connectivity index (χ1v) is 10.4. The van der Waals surface area contributed by atoms with Gasteiger partial charge in [-0.25, -0.2) is 14.6 Å². The Morgan fingerprint density at radius 1 is 1.03 bits per heavy atom. The number of rotatable bonds is 5. The summed E-state index contributed by atoms with van der Waals surface area (Å²) in [6.45, 7) is 7.93. The molecule has 2 unspecified atom stereocenters. The fourth-order valence-corrected chi connectivity index (χ4v) is 4.72. The van der Waals surface area contributed by atoms with Crippen molar-refractivity contribution in [2.75, 3.05) is 63.9 Å². The molecule has 2 atom stereocenters. The standard InChI is InChI=1S/C20H27N7O2/c28-20-2-8-29-9-7-25(20)6-5-24-11-16-13-26(14-17(16)12-24)18-10-19(22-15-21-18)27-4-1-3-23-27/h1,3-4,10,15-17H,2,5-9,11-14H2. The number of hydrogen-bond donors (Lipinski definition) is 0. The third-order valence-corrected chi connectivity index (χ3v) is 6.27. The number of fused-ring (bicyclic) bond motifs is 1. The van der Waals surface area contributed by atoms with E-state index < -0.39 is 0 Å². The molecule has 0 bridgehead atoms. The van der Waals surface area contributed by atoms with E-state index in [1.807, 2.05) is 23.2 Å². The van der Waals surface area contributed by atoms with Crippen molar-refractivity contribution in [2.24, 2.45) is 11.8 Å². The van der Waals surface area contributed by atoms with E-state index in [4.69, 9.17) is 4.74 Å². The van der Waals surface area contributed by atoms with Crippen LogP contribution in [0.15, 0.2) is 30.9 Å². The molecular formula is C20H27N7O2. The van der Waals surface area contributed by atoms with Crippen molar-refractivity contribution >= 4 is 11.7 Å². The van der Waals surface area contributed by atoms with Gasteiger partial charge in [0.15, 0.2) is 5.82 Å². The van der Waals surface area contributed by atoms with E-state index in [9.17, 15) is 4.79 Å². The summed E-state index contributed by atoms with van der Waals surface area (Å²) in [5.74, 6) is 3.30. The summed E-state index contributed by atoms with van der Waals surface area (Å²) in [6, 6.07) is 3.90. The van der Waals surface area contributed by atoms with Gasteiger partial charge in [-0.15, -0.1) is 0 Å². The molecule has 5 rings (SSSR count). The molecule has 9 heteroatoms. The van der Waals surface area contributed by atoms with Crippen LogP contribution in [-0.2, 0) is 9.53 Å². The van der Waals surface area contributed by atoms with Crippen LogP contribution in [0.25, 0.3) is 5.82 Å². The maximum atomic E-state index is 12.1. The Balaban J connectivity index is 1.15. The highest BCUT2D eigenvalue weighted by Gasteiger charge is 2.40. The average molecular weight is 397 g/mol. The van der Waals surface area contributed by atoms with Gasteiger partial charge in [-0.05, 0) is 17.9 Å². The highest BCUT2D eigenvalue weighted by molar-refractivity contribution is 5.76. The molecule has 3 saturated heterocycles. The number of anilines is 1. The van der Waals surface area contributed by atoms with E-state index >= 15 is 0 Å². The molecule has 0 aliphatic carbocycles. The molecule has 3 fully saturated rings. The third-order valence-electron chi connectivity index (χ3n) is 6.27. The molecule has 154 valence electrons. The molecule has 0 radical (unpaired) electrons. The van der Waals surface area contributed by atoms with Gasteiger partial charge in [0.2, 0.25) is 5.91 Å². The first-order chi connectivity index (χ1) is 14.3. The molecule has 0 N–H and O–H groups in total. The summed E-state index contributed by atoms with van der Waals surface area (Å²) in [7, 11) is 0. The predicted molar refractivity (Wildman–Crippen MR) is 107 cm³/mol. The van der Waals surface area contributed by atoms with Crippen LogP contribution >= 0.6 is 0 Å². The van der Waals surface area contributed by atoms with Gasteiger partial charge in [-0.3, -0.25) is 4.79 Å². The molecule has 29 heavy (non-hydrogen) atoms. The SMILES string of the molecule is O=C1CCOCCN1CCN1CC2CN(c3cc(-n4cccn4)ncn3)CC2C1. The van der Waals surface area contributed by atoms with Crippen molar-refractivity contribution in [3.05, 3.63) is 30.9 Å². The maximum absolute atomic E-state index is 12.1. The molecule has 0 spiro atoms. The molecule has 2 aromatic heterocycles. The second-order valence-electron chi connectivity index (χ2n) is 8.11. The fourth-order valence-electron chi connectivity index (χ4n) is 4.72. The van der Waals surface area contributed by atoms with E-state index in [0.29, 0.717) is 31.5 Å². The molecule has 0 saturated carbocycles. The van der Waals surface area contributed by atoms with Crippen LogP contribution in [0.5, 0.6) is 0 Å². The summed E-state index contributed by atoms with van der Waals surface area (Å²) in [5.41, 5.74) is 0. The summed E-state index contributed by atoms with van der Waals surface area (Å²) in [5, 5.41) is 4.26. The number of aromatic nitrogens is 4. The van der Waals surface area contributed by atoms with Crippen LogP contribution in [0.2, 0.25) is 0 Å². The van der Waals surface area contributed by atoms with Crippen LogP contribution in [0.4, 0.5) is 5.82 Å². The number of amides is 1. The van der Waals surface area contributed by atoms with Gasteiger partial charge >= 0.3 is 0 Å². The third kappa shape index (κ3) is 3.97. The second kappa shape index (κ2) is 8.08. The van der Waals surface area contributed by atoms with Gasteiger partial charge in [0.1, 0.15) is 12.1 Å². The number of hydrogen-bond acceptors (Lipinski definition) is 7. The molecule has 9 nitrogen and oxygen atoms in total. The number of likely N-dealkylation sites (tertiary alicyclic amines) is 1. The van der Waals surface area contributed by atoms with Gasteiger partial charge in [0.25, 0.3) is 0 Å². The number of ether oxygens (including phenoxy) is 1. The molecule has 3 aliphatic rings. The quantitative estimate of drug-likeness (QED) is 0.717. The summed E-state index contributed by atoms with van der Waals surface area (Å²) < 4.78 is 7.18. The van der Waals surface area contributed by atoms with Crippen LogP contribution in [0, 0.1) is 11.8 Å². The lowest BCUT2D eigenvalue weighted by atomic mass is 10.0. The Labute approximate surface area is 170 Å². The maximum Gasteiger partial charge on any atom is 0.225 e. The van der Waals surface area contributed by atoms with Crippen LogP contribution in [0.3, 0.4) is 0 Å². The smallest absolute Gasteiger partial charge is 0.225 e. The molecule has 2 aromatic rings. The van der Waals surface area contributed by atoms with Crippen LogP contribution < -0.4 is 4.90 Å². The van der Waals surface area contributed by atoms with E-state index in [0.717, 1.165) is 57.4 Å². The van der Waals surface area contributed by atoms with Crippen molar-refractivity contribution < 1.29 is 9.53 Å². The van der Waals surface area contributed by atoms with Gasteiger partial charge in [-0.2, -0.15) is 5.10 Å². The normalized spacial score (nSPS) is 25.4. The van der Waals surface area contributed by atoms with Gasteiger partial charge < -0.3 is 19.4 Å². The highest BCUT2D eigenvalue weighted by atomic mass is 16.5. The monoisotopic (exact) mass is 397 g/mol. The van der Waals surface area contributed by atoms with Crippen molar-refractivity contribution in [2.45, 2.75) is 6.42 Å². The van der Waals surface area contributed by atoms with Crippen molar-refractivity contribution in [3.63, 3.8) is 0 Å². The van der Waals surface area contributed by atoms with E-state index in [1.54, 1.807) is 17.2 Å². The van der Waals surface area contributed by atoms with Crippen LogP contribution in [0.1, 0.15) is 6.42 Å². The lowest BCUT2D eigenvalue weighted by Gasteiger charge is -2.25. The van der Waals surface area contributed by atoms with E-state index in [2.05, 4.69) is 24.9 Å². The Bertz CT molecular complexity index is 829. The minimum Gasteiger partial charge on any atom is -0.379 e. The minimum atomic E-state index is 0.227. The van der Waals surface area contributed by atoms with Gasteiger partial charge in [0.05, 0.1) is 19.6 Å². The topological polar surface area (TPSA) is 79.6 Å². The lowest BCUT2D eigenvalue weighted by Crippen LogP contribution is -2.39. The average Bonchev–Trinajstić information content (AvgIpc) is 3.43. The molecule has 3 aliphatic heterocycles. The number of nitrogens with zero attached hydrogens (tertiary/aromatic N) is 7. The van der Waals surface area contributed by atoms with Gasteiger partial charge in [-0.1, -0.05) is 0 Å². The Morgan fingerprint density at radius 2 is 1.86 bits per heavy atom. The first kappa shape index (κ1) is 18.5. The molecule has 5 heterocycles. The Hall–Kier alpha value is -2.52. The van der Waals surface area contributed by atoms with E-state index in [-0.39, 0.29) is 5.91 Å². The Morgan fingerprint density at radius 3 is 2.66 bits per heavy atom. The summed E-state index contributed by atoms with van der Waals surface area (Å²) in [4.78, 5) is 27.8. The summed E-state index contributed by atoms with van der Waals surface area (Å²) >= 11 is 0. The van der Waals surface area contributed by atoms with Crippen LogP contribution in [-0.4, -0.2) is 94.5 Å². The summed E-state index contributed by atoms with van der Waals surface area (Å²) in [6.07, 6.45) is 5.78. The van der Waals surface area contributed by atoms with Crippen molar-refractivity contribution in [1.82, 2.24) is 29.5 Å². The minimum absolute atomic E-state index is 0.227. The lowest BCUT2D eigenvalue weighted by molar-refractivity contribution is -0.130. The zero-order chi connectivity index (χ0) is 19.6. The molecule has 0 aromatic carbocycles. The van der Waals surface area contributed by atoms with Crippen molar-refractivity contribution in [3.8, 4) is 5.82 Å². The first-order valence-electron chi connectivity index (χ1n) is 10.4. The fraction of sp³-hybridized carbons (Fsp3) is 0.600. The number of carbonyl (C=O) groups excluding carboxylic acids is 1. The predicted octanol–water partition coefficient (Wildman–Crippen LogP) is 0.279. The molecular weight excluding hydrogens is 370 g/mol. The zero-order valence-corrected chi connectivity index (χ0v) is 16.6. The largest absolute Gasteiger partial charge is 0.379 e.